The molecule has 1 N–H and O–H groups in total. The zero-order valence-corrected chi connectivity index (χ0v) is 8.22. The molecule has 1 aromatic heterocycles. The van der Waals surface area contributed by atoms with Crippen molar-refractivity contribution in [2.45, 2.75) is 5.16 Å². The maximum Gasteiger partial charge on any atom is 0.163 e. The Labute approximate surface area is 73.4 Å². The van der Waals surface area contributed by atoms with Gasteiger partial charge in [0.15, 0.2) is 5.16 Å². The summed E-state index contributed by atoms with van der Waals surface area (Å²) in [4.78, 5) is 7.13. The van der Waals surface area contributed by atoms with E-state index in [4.69, 9.17) is 0 Å². The highest BCUT2D eigenvalue weighted by Gasteiger charge is 1.94. The summed E-state index contributed by atoms with van der Waals surface area (Å²) in [7, 11) is 0. The topological polar surface area (TPSA) is 28.7 Å². The molecule has 0 saturated heterocycles. The number of rotatable bonds is 0. The lowest BCUT2D eigenvalue weighted by Crippen LogP contribution is -1.63. The zero-order chi connectivity index (χ0) is 6.97. The van der Waals surface area contributed by atoms with Crippen molar-refractivity contribution in [3.8, 4) is 0 Å². The molecule has 2 nitrogen and oxygen atoms in total. The first-order valence-corrected chi connectivity index (χ1v) is 3.45. The molecule has 0 bridgehead atoms. The molecule has 0 aliphatic heterocycles. The molecule has 0 aliphatic rings. The standard InChI is InChI=1S/C7H6N2S.H3P/c10-7-8-5-3-1-2-4-6(5)9-7;/h1-4H,(H2,8,9,10);1H3. The van der Waals surface area contributed by atoms with Crippen molar-refractivity contribution in [1.29, 1.82) is 0 Å². The number of benzene rings is 1. The average molecular weight is 184 g/mol. The van der Waals surface area contributed by atoms with Gasteiger partial charge in [0.2, 0.25) is 0 Å². The number of fused-ring (bicyclic) bond motifs is 1. The van der Waals surface area contributed by atoms with Crippen molar-refractivity contribution in [2.75, 3.05) is 0 Å². The second-order valence-corrected chi connectivity index (χ2v) is 2.50. The van der Waals surface area contributed by atoms with Gasteiger partial charge in [-0.25, -0.2) is 4.98 Å². The van der Waals surface area contributed by atoms with Crippen LogP contribution in [0.5, 0.6) is 0 Å². The average Bonchev–Trinajstić information content (AvgIpc) is 2.27. The minimum atomic E-state index is 0. The third-order valence-corrected chi connectivity index (χ3v) is 1.59. The lowest BCUT2D eigenvalue weighted by molar-refractivity contribution is 1.09. The highest BCUT2D eigenvalue weighted by atomic mass is 32.1. The predicted octanol–water partition coefficient (Wildman–Crippen LogP) is 1.91. The first kappa shape index (κ1) is 8.57. The van der Waals surface area contributed by atoms with Crippen LogP contribution in [0.15, 0.2) is 29.4 Å². The molecule has 0 saturated carbocycles. The summed E-state index contributed by atoms with van der Waals surface area (Å²) in [5.41, 5.74) is 2.00. The molecule has 0 fully saturated rings. The molecular weight excluding hydrogens is 175 g/mol. The molecule has 2 rings (SSSR count). The van der Waals surface area contributed by atoms with E-state index in [9.17, 15) is 0 Å². The van der Waals surface area contributed by atoms with Crippen molar-refractivity contribution in [2.24, 2.45) is 0 Å². The van der Waals surface area contributed by atoms with E-state index in [1.807, 2.05) is 24.3 Å². The molecule has 0 radical (unpaired) electrons. The maximum atomic E-state index is 4.12. The Morgan fingerprint density at radius 1 is 1.27 bits per heavy atom. The van der Waals surface area contributed by atoms with Crippen LogP contribution >= 0.6 is 22.5 Å². The van der Waals surface area contributed by atoms with Gasteiger partial charge in [-0.2, -0.15) is 9.90 Å². The van der Waals surface area contributed by atoms with Gasteiger partial charge in [-0.15, -0.1) is 12.6 Å². The number of imidazole rings is 1. The largest absolute Gasteiger partial charge is 0.333 e. The molecule has 0 aliphatic carbocycles. The van der Waals surface area contributed by atoms with E-state index in [2.05, 4.69) is 22.6 Å². The summed E-state index contributed by atoms with van der Waals surface area (Å²) in [5, 5.41) is 0.668. The second kappa shape index (κ2) is 3.24. The Hall–Kier alpha value is -0.530. The van der Waals surface area contributed by atoms with Crippen molar-refractivity contribution >= 4 is 33.6 Å². The molecule has 58 valence electrons. The summed E-state index contributed by atoms with van der Waals surface area (Å²) < 4.78 is 0. The monoisotopic (exact) mass is 184 g/mol. The Morgan fingerprint density at radius 3 is 2.73 bits per heavy atom. The summed E-state index contributed by atoms with van der Waals surface area (Å²) in [5.74, 6) is 0. The third-order valence-electron chi connectivity index (χ3n) is 1.38. The highest BCUT2D eigenvalue weighted by Crippen LogP contribution is 2.11. The van der Waals surface area contributed by atoms with Gasteiger partial charge in [0.25, 0.3) is 0 Å². The van der Waals surface area contributed by atoms with Gasteiger partial charge < -0.3 is 4.98 Å². The molecule has 1 aromatic carbocycles. The van der Waals surface area contributed by atoms with Crippen molar-refractivity contribution in [3.63, 3.8) is 0 Å². The van der Waals surface area contributed by atoms with E-state index < -0.39 is 0 Å². The van der Waals surface area contributed by atoms with Crippen LogP contribution in [0.1, 0.15) is 0 Å². The lowest BCUT2D eigenvalue weighted by atomic mass is 10.3. The normalized spacial score (nSPS) is 9.55. The van der Waals surface area contributed by atoms with Gasteiger partial charge in [-0.05, 0) is 12.1 Å². The van der Waals surface area contributed by atoms with Crippen molar-refractivity contribution < 1.29 is 0 Å². The van der Waals surface area contributed by atoms with E-state index in [1.54, 1.807) is 0 Å². The maximum absolute atomic E-state index is 4.12. The van der Waals surface area contributed by atoms with Gasteiger partial charge in [0.05, 0.1) is 11.0 Å². The molecule has 1 atom stereocenters. The molecular formula is C7H9N2PS. The molecule has 4 heteroatoms. The van der Waals surface area contributed by atoms with Crippen LogP contribution in [0.4, 0.5) is 0 Å². The van der Waals surface area contributed by atoms with Crippen LogP contribution in [0.2, 0.25) is 0 Å². The fourth-order valence-corrected chi connectivity index (χ4v) is 1.17. The first-order valence-electron chi connectivity index (χ1n) is 3.00. The minimum absolute atomic E-state index is 0. The van der Waals surface area contributed by atoms with E-state index in [0.717, 1.165) is 11.0 Å². The van der Waals surface area contributed by atoms with Gasteiger partial charge in [-0.1, -0.05) is 12.1 Å². The number of thiol groups is 1. The number of nitrogens with zero attached hydrogens (tertiary/aromatic N) is 1. The van der Waals surface area contributed by atoms with Crippen LogP contribution in [-0.2, 0) is 0 Å². The van der Waals surface area contributed by atoms with E-state index in [-0.39, 0.29) is 9.90 Å². The number of para-hydroxylation sites is 2. The van der Waals surface area contributed by atoms with Crippen molar-refractivity contribution in [3.05, 3.63) is 24.3 Å². The quantitative estimate of drug-likeness (QED) is 0.475. The molecule has 2 aromatic rings. The molecule has 11 heavy (non-hydrogen) atoms. The summed E-state index contributed by atoms with van der Waals surface area (Å²) in [6, 6.07) is 7.84. The van der Waals surface area contributed by atoms with Crippen LogP contribution in [-0.4, -0.2) is 9.97 Å². The van der Waals surface area contributed by atoms with Crippen LogP contribution in [0.3, 0.4) is 0 Å². The van der Waals surface area contributed by atoms with Crippen LogP contribution in [0.25, 0.3) is 11.0 Å². The summed E-state index contributed by atoms with van der Waals surface area (Å²) in [6.45, 7) is 0. The minimum Gasteiger partial charge on any atom is -0.333 e. The number of aromatic amines is 1. The van der Waals surface area contributed by atoms with E-state index >= 15 is 0 Å². The summed E-state index contributed by atoms with van der Waals surface area (Å²) in [6.07, 6.45) is 0. The number of aromatic nitrogens is 2. The zero-order valence-electron chi connectivity index (χ0n) is 5.91. The van der Waals surface area contributed by atoms with Crippen LogP contribution < -0.4 is 0 Å². The molecule has 0 spiro atoms. The summed E-state index contributed by atoms with van der Waals surface area (Å²) >= 11 is 4.08. The Morgan fingerprint density at radius 2 is 2.00 bits per heavy atom. The Kier molecular flexibility index (Phi) is 2.53. The van der Waals surface area contributed by atoms with E-state index in [1.165, 1.54) is 0 Å². The van der Waals surface area contributed by atoms with Crippen LogP contribution in [0, 0.1) is 0 Å². The molecule has 0 amide bonds. The fraction of sp³-hybridized carbons (Fsp3) is 0. The molecule has 1 unspecified atom stereocenters. The van der Waals surface area contributed by atoms with Gasteiger partial charge in [-0.3, -0.25) is 0 Å². The SMILES string of the molecule is P.Sc1nc2ccccc2[nH]1. The number of hydrogen-bond acceptors (Lipinski definition) is 2. The van der Waals surface area contributed by atoms with Crippen molar-refractivity contribution in [1.82, 2.24) is 9.97 Å². The third kappa shape index (κ3) is 1.55. The van der Waals surface area contributed by atoms with Gasteiger partial charge in [0.1, 0.15) is 0 Å². The highest BCUT2D eigenvalue weighted by molar-refractivity contribution is 7.80. The number of H-pyrrole nitrogens is 1. The predicted molar refractivity (Wildman–Crippen MR) is 54.5 cm³/mol. The Bertz CT molecular complexity index is 325. The smallest absolute Gasteiger partial charge is 0.163 e. The number of hydrogen-bond donors (Lipinski definition) is 2. The first-order chi connectivity index (χ1) is 4.86. The lowest BCUT2D eigenvalue weighted by Gasteiger charge is -1.81. The van der Waals surface area contributed by atoms with E-state index in [0.29, 0.717) is 5.16 Å². The number of nitrogens with one attached hydrogen (secondary N) is 1. The Balaban J connectivity index is 0.000000605. The van der Waals surface area contributed by atoms with Gasteiger partial charge >= 0.3 is 0 Å². The van der Waals surface area contributed by atoms with Gasteiger partial charge in [0, 0.05) is 0 Å². The second-order valence-electron chi connectivity index (χ2n) is 2.08. The molecule has 1 heterocycles. The fourth-order valence-electron chi connectivity index (χ4n) is 0.939.